The van der Waals surface area contributed by atoms with Gasteiger partial charge in [0.05, 0.1) is 17.5 Å². The van der Waals surface area contributed by atoms with Crippen LogP contribution in [-0.4, -0.2) is 25.2 Å². The van der Waals surface area contributed by atoms with Crippen molar-refractivity contribution in [3.8, 4) is 0 Å². The molecule has 2 rings (SSSR count). The summed E-state index contributed by atoms with van der Waals surface area (Å²) in [5, 5.41) is 4.94. The molecule has 0 aliphatic carbocycles. The smallest absolute Gasteiger partial charge is 0.261 e. The van der Waals surface area contributed by atoms with Crippen LogP contribution in [0.25, 0.3) is 0 Å². The van der Waals surface area contributed by atoms with Gasteiger partial charge in [0.25, 0.3) is 5.91 Å². The standard InChI is InChI=1S/C10H13NO2S/c1-7-4-9(14-6-7)10(12)11-8-2-3-13-5-8/h4,6,8H,2-3,5H2,1H3,(H,11,12). The fraction of sp³-hybridized carbons (Fsp3) is 0.500. The van der Waals surface area contributed by atoms with Gasteiger partial charge in [-0.15, -0.1) is 11.3 Å². The van der Waals surface area contributed by atoms with Crippen LogP contribution >= 0.6 is 11.3 Å². The van der Waals surface area contributed by atoms with Crippen molar-refractivity contribution < 1.29 is 9.53 Å². The molecule has 1 aromatic rings. The molecule has 0 bridgehead atoms. The number of hydrogen-bond acceptors (Lipinski definition) is 3. The van der Waals surface area contributed by atoms with E-state index in [2.05, 4.69) is 5.32 Å². The lowest BCUT2D eigenvalue weighted by Gasteiger charge is -2.08. The maximum absolute atomic E-state index is 11.7. The van der Waals surface area contributed by atoms with E-state index in [9.17, 15) is 4.79 Å². The number of nitrogens with one attached hydrogen (secondary N) is 1. The van der Waals surface area contributed by atoms with Crippen LogP contribution in [-0.2, 0) is 4.74 Å². The molecule has 14 heavy (non-hydrogen) atoms. The SMILES string of the molecule is Cc1csc(C(=O)NC2CCOC2)c1. The van der Waals surface area contributed by atoms with E-state index >= 15 is 0 Å². The molecule has 1 aliphatic rings. The predicted molar refractivity (Wildman–Crippen MR) is 55.7 cm³/mol. The van der Waals surface area contributed by atoms with E-state index in [0.717, 1.165) is 23.5 Å². The Morgan fingerprint density at radius 2 is 2.57 bits per heavy atom. The van der Waals surface area contributed by atoms with Crippen LogP contribution in [0.3, 0.4) is 0 Å². The highest BCUT2D eigenvalue weighted by atomic mass is 32.1. The highest BCUT2D eigenvalue weighted by Gasteiger charge is 2.18. The minimum Gasteiger partial charge on any atom is -0.379 e. The minimum absolute atomic E-state index is 0.0265. The lowest BCUT2D eigenvalue weighted by Crippen LogP contribution is -2.34. The zero-order chi connectivity index (χ0) is 9.97. The summed E-state index contributed by atoms with van der Waals surface area (Å²) < 4.78 is 5.19. The van der Waals surface area contributed by atoms with Crippen molar-refractivity contribution >= 4 is 17.2 Å². The second-order valence-corrected chi connectivity index (χ2v) is 4.43. The molecule has 1 atom stereocenters. The van der Waals surface area contributed by atoms with E-state index < -0.39 is 0 Å². The van der Waals surface area contributed by atoms with Gasteiger partial charge in [0.15, 0.2) is 0 Å². The lowest BCUT2D eigenvalue weighted by molar-refractivity contribution is 0.0934. The zero-order valence-electron chi connectivity index (χ0n) is 8.08. The molecule has 0 saturated carbocycles. The molecule has 3 nitrogen and oxygen atoms in total. The number of carbonyl (C=O) groups is 1. The molecule has 1 unspecified atom stereocenters. The highest BCUT2D eigenvalue weighted by Crippen LogP contribution is 2.14. The van der Waals surface area contributed by atoms with Crippen molar-refractivity contribution in [2.24, 2.45) is 0 Å². The van der Waals surface area contributed by atoms with Crippen molar-refractivity contribution in [2.45, 2.75) is 19.4 Å². The Labute approximate surface area is 87.1 Å². The quantitative estimate of drug-likeness (QED) is 0.806. The van der Waals surface area contributed by atoms with E-state index in [4.69, 9.17) is 4.74 Å². The zero-order valence-corrected chi connectivity index (χ0v) is 8.89. The van der Waals surface area contributed by atoms with Gasteiger partial charge < -0.3 is 10.1 Å². The summed E-state index contributed by atoms with van der Waals surface area (Å²) in [6, 6.07) is 2.11. The van der Waals surface area contributed by atoms with Gasteiger partial charge in [-0.2, -0.15) is 0 Å². The topological polar surface area (TPSA) is 38.3 Å². The van der Waals surface area contributed by atoms with Gasteiger partial charge in [-0.1, -0.05) is 0 Å². The molecule has 1 N–H and O–H groups in total. The third-order valence-electron chi connectivity index (χ3n) is 2.22. The number of amides is 1. The Kier molecular flexibility index (Phi) is 2.84. The number of thiophene rings is 1. The molecular formula is C10H13NO2S. The third kappa shape index (κ3) is 2.13. The summed E-state index contributed by atoms with van der Waals surface area (Å²) in [6.45, 7) is 3.40. The Morgan fingerprint density at radius 1 is 1.71 bits per heavy atom. The number of hydrogen-bond donors (Lipinski definition) is 1. The van der Waals surface area contributed by atoms with E-state index in [-0.39, 0.29) is 11.9 Å². The van der Waals surface area contributed by atoms with E-state index in [0.29, 0.717) is 6.61 Å². The number of aryl methyl sites for hydroxylation is 1. The van der Waals surface area contributed by atoms with E-state index in [1.54, 1.807) is 0 Å². The molecule has 2 heterocycles. The van der Waals surface area contributed by atoms with Gasteiger partial charge in [0.1, 0.15) is 0 Å². The Hall–Kier alpha value is -0.870. The van der Waals surface area contributed by atoms with Crippen molar-refractivity contribution in [3.05, 3.63) is 21.9 Å². The van der Waals surface area contributed by atoms with Gasteiger partial charge in [0, 0.05) is 6.61 Å². The van der Waals surface area contributed by atoms with Crippen LogP contribution < -0.4 is 5.32 Å². The molecule has 0 aromatic carbocycles. The van der Waals surface area contributed by atoms with Crippen LogP contribution in [0, 0.1) is 6.92 Å². The normalized spacial score (nSPS) is 21.1. The van der Waals surface area contributed by atoms with Gasteiger partial charge in [-0.25, -0.2) is 0 Å². The van der Waals surface area contributed by atoms with Crippen LogP contribution in [0.4, 0.5) is 0 Å². The Morgan fingerprint density at radius 3 is 3.14 bits per heavy atom. The van der Waals surface area contributed by atoms with Gasteiger partial charge in [-0.3, -0.25) is 4.79 Å². The van der Waals surface area contributed by atoms with Crippen LogP contribution in [0.15, 0.2) is 11.4 Å². The summed E-state index contributed by atoms with van der Waals surface area (Å²) in [6.07, 6.45) is 0.927. The molecule has 4 heteroatoms. The van der Waals surface area contributed by atoms with Gasteiger partial charge >= 0.3 is 0 Å². The van der Waals surface area contributed by atoms with Gasteiger partial charge in [0.2, 0.25) is 0 Å². The molecule has 1 aliphatic heterocycles. The van der Waals surface area contributed by atoms with Crippen LogP contribution in [0.1, 0.15) is 21.7 Å². The van der Waals surface area contributed by atoms with Crippen LogP contribution in [0.2, 0.25) is 0 Å². The summed E-state index contributed by atoms with van der Waals surface area (Å²) in [4.78, 5) is 12.4. The van der Waals surface area contributed by atoms with Gasteiger partial charge in [-0.05, 0) is 30.4 Å². The summed E-state index contributed by atoms with van der Waals surface area (Å²) in [5.74, 6) is 0.0265. The molecule has 76 valence electrons. The highest BCUT2D eigenvalue weighted by molar-refractivity contribution is 7.12. The summed E-state index contributed by atoms with van der Waals surface area (Å²) in [7, 11) is 0. The predicted octanol–water partition coefficient (Wildman–Crippen LogP) is 1.58. The lowest BCUT2D eigenvalue weighted by atomic mass is 10.2. The average Bonchev–Trinajstić information content (AvgIpc) is 2.75. The average molecular weight is 211 g/mol. The third-order valence-corrected chi connectivity index (χ3v) is 3.27. The first kappa shape index (κ1) is 9.68. The van der Waals surface area contributed by atoms with Crippen molar-refractivity contribution in [1.29, 1.82) is 0 Å². The Bertz CT molecular complexity index is 329. The van der Waals surface area contributed by atoms with Crippen molar-refractivity contribution in [2.75, 3.05) is 13.2 Å². The molecule has 0 radical (unpaired) electrons. The second kappa shape index (κ2) is 4.11. The maximum Gasteiger partial charge on any atom is 0.261 e. The fourth-order valence-electron chi connectivity index (χ4n) is 1.46. The maximum atomic E-state index is 11.7. The minimum atomic E-state index is 0.0265. The molecule has 1 fully saturated rings. The molecule has 1 saturated heterocycles. The van der Waals surface area contributed by atoms with E-state index in [1.165, 1.54) is 11.3 Å². The molecule has 0 spiro atoms. The number of rotatable bonds is 2. The number of ether oxygens (including phenoxy) is 1. The molecule has 1 amide bonds. The first-order valence-corrected chi connectivity index (χ1v) is 5.57. The van der Waals surface area contributed by atoms with Crippen molar-refractivity contribution in [1.82, 2.24) is 5.32 Å². The summed E-state index contributed by atoms with van der Waals surface area (Å²) >= 11 is 1.49. The monoisotopic (exact) mass is 211 g/mol. The fourth-order valence-corrected chi connectivity index (χ4v) is 2.26. The largest absolute Gasteiger partial charge is 0.379 e. The molecular weight excluding hydrogens is 198 g/mol. The van der Waals surface area contributed by atoms with Crippen molar-refractivity contribution in [3.63, 3.8) is 0 Å². The molecule has 1 aromatic heterocycles. The summed E-state index contributed by atoms with van der Waals surface area (Å²) in [5.41, 5.74) is 1.14. The Balaban J connectivity index is 1.95. The second-order valence-electron chi connectivity index (χ2n) is 3.52. The number of carbonyl (C=O) groups excluding carboxylic acids is 1. The van der Waals surface area contributed by atoms with Crippen LogP contribution in [0.5, 0.6) is 0 Å². The first-order valence-electron chi connectivity index (χ1n) is 4.69. The van der Waals surface area contributed by atoms with E-state index in [1.807, 2.05) is 18.4 Å². The first-order chi connectivity index (χ1) is 6.75.